The quantitative estimate of drug-likeness (QED) is 0.460. The van der Waals surface area contributed by atoms with Gasteiger partial charge >= 0.3 is 5.91 Å². The number of nitrogens with two attached hydrogens (primary N) is 1. The van der Waals surface area contributed by atoms with Crippen LogP contribution in [-0.2, 0) is 4.79 Å². The standard InChI is InChI=1S/C11H14N3OS/c1-3-14(8(2)15)9-6-4-5-7-10(9)16-11(14)13-12/h4-7H,3,12H2,1-2H3/q+1. The number of para-hydroxylation sites is 1. The van der Waals surface area contributed by atoms with Crippen LogP contribution in [0.5, 0.6) is 0 Å². The fraction of sp³-hybridized carbons (Fsp3) is 0.273. The van der Waals surface area contributed by atoms with Gasteiger partial charge in [0.25, 0.3) is 5.17 Å². The predicted molar refractivity (Wildman–Crippen MR) is 66.9 cm³/mol. The second-order valence-corrected chi connectivity index (χ2v) is 4.64. The molecule has 0 aliphatic carbocycles. The van der Waals surface area contributed by atoms with Crippen molar-refractivity contribution < 1.29 is 4.79 Å². The van der Waals surface area contributed by atoms with Crippen molar-refractivity contribution >= 4 is 28.5 Å². The lowest BCUT2D eigenvalue weighted by Gasteiger charge is -2.27. The predicted octanol–water partition coefficient (Wildman–Crippen LogP) is 1.90. The van der Waals surface area contributed by atoms with Crippen LogP contribution in [-0.4, -0.2) is 17.6 Å². The number of carbonyl (C=O) groups excluding carboxylic acids is 1. The molecule has 1 atom stereocenters. The molecular weight excluding hydrogens is 222 g/mol. The maximum atomic E-state index is 12.0. The summed E-state index contributed by atoms with van der Waals surface area (Å²) in [5.74, 6) is 5.45. The summed E-state index contributed by atoms with van der Waals surface area (Å²) in [6, 6.07) is 7.84. The van der Waals surface area contributed by atoms with Crippen LogP contribution in [0.25, 0.3) is 0 Å². The molecule has 0 bridgehead atoms. The van der Waals surface area contributed by atoms with Crippen molar-refractivity contribution in [3.8, 4) is 0 Å². The highest BCUT2D eigenvalue weighted by molar-refractivity contribution is 8.14. The number of hydrogen-bond acceptors (Lipinski definition) is 4. The lowest BCUT2D eigenvalue weighted by molar-refractivity contribution is -0.124. The first-order chi connectivity index (χ1) is 7.66. The SMILES string of the molecule is CC[N+]1(C(C)=O)C(=NN)Sc2ccccc21. The summed E-state index contributed by atoms with van der Waals surface area (Å²) in [6.07, 6.45) is 0. The van der Waals surface area contributed by atoms with E-state index in [1.165, 1.54) is 11.8 Å². The first-order valence-corrected chi connectivity index (χ1v) is 5.93. The molecule has 1 unspecified atom stereocenters. The molecule has 1 aliphatic rings. The van der Waals surface area contributed by atoms with Gasteiger partial charge in [-0.25, -0.2) is 4.79 Å². The zero-order valence-electron chi connectivity index (χ0n) is 9.30. The third-order valence-corrected chi connectivity index (χ3v) is 4.09. The molecule has 0 radical (unpaired) electrons. The molecule has 0 saturated carbocycles. The topological polar surface area (TPSA) is 55.5 Å². The first-order valence-electron chi connectivity index (χ1n) is 5.12. The Morgan fingerprint density at radius 3 is 2.75 bits per heavy atom. The van der Waals surface area contributed by atoms with E-state index in [4.69, 9.17) is 5.84 Å². The van der Waals surface area contributed by atoms with Gasteiger partial charge in [-0.05, 0) is 24.8 Å². The molecule has 84 valence electrons. The molecule has 0 fully saturated rings. The highest BCUT2D eigenvalue weighted by Gasteiger charge is 2.49. The highest BCUT2D eigenvalue weighted by Crippen LogP contribution is 2.45. The number of hydrazone groups is 1. The molecular formula is C11H14N3OS+. The second-order valence-electron chi connectivity index (χ2n) is 3.63. The Labute approximate surface area is 98.7 Å². The van der Waals surface area contributed by atoms with Gasteiger partial charge in [0.05, 0.1) is 18.4 Å². The van der Waals surface area contributed by atoms with Crippen molar-refractivity contribution in [2.75, 3.05) is 6.54 Å². The Morgan fingerprint density at radius 2 is 2.19 bits per heavy atom. The van der Waals surface area contributed by atoms with Crippen molar-refractivity contribution in [2.45, 2.75) is 18.7 Å². The number of fused-ring (bicyclic) bond motifs is 1. The fourth-order valence-electron chi connectivity index (χ4n) is 2.10. The molecule has 1 amide bonds. The van der Waals surface area contributed by atoms with Gasteiger partial charge < -0.3 is 5.84 Å². The van der Waals surface area contributed by atoms with Crippen molar-refractivity contribution in [1.29, 1.82) is 0 Å². The molecule has 1 aromatic rings. The molecule has 5 heteroatoms. The van der Waals surface area contributed by atoms with E-state index < -0.39 is 0 Å². The van der Waals surface area contributed by atoms with Crippen LogP contribution in [0.4, 0.5) is 5.69 Å². The van der Waals surface area contributed by atoms with Crippen molar-refractivity contribution in [3.63, 3.8) is 0 Å². The van der Waals surface area contributed by atoms with Gasteiger partial charge in [0.2, 0.25) is 0 Å². The van der Waals surface area contributed by atoms with Crippen molar-refractivity contribution in [1.82, 2.24) is 4.48 Å². The number of quaternary nitrogens is 1. The number of carbonyl (C=O) groups is 1. The number of rotatable bonds is 1. The minimum absolute atomic E-state index is 0.0455. The van der Waals surface area contributed by atoms with Crippen LogP contribution in [0.15, 0.2) is 34.3 Å². The molecule has 1 aromatic carbocycles. The maximum Gasteiger partial charge on any atom is 0.322 e. The van der Waals surface area contributed by atoms with Crippen molar-refractivity contribution in [2.24, 2.45) is 10.9 Å². The van der Waals surface area contributed by atoms with E-state index in [2.05, 4.69) is 5.10 Å². The van der Waals surface area contributed by atoms with Gasteiger partial charge in [-0.1, -0.05) is 12.1 Å². The van der Waals surface area contributed by atoms with Gasteiger partial charge in [-0.15, -0.1) is 5.10 Å². The Bertz CT molecular complexity index is 472. The van der Waals surface area contributed by atoms with Gasteiger partial charge in [-0.2, -0.15) is 4.48 Å². The second kappa shape index (κ2) is 3.92. The average molecular weight is 236 g/mol. The van der Waals surface area contributed by atoms with E-state index in [0.29, 0.717) is 11.7 Å². The van der Waals surface area contributed by atoms with Crippen LogP contribution in [0.3, 0.4) is 0 Å². The molecule has 1 heterocycles. The number of nitrogens with zero attached hydrogens (tertiary/aromatic N) is 2. The van der Waals surface area contributed by atoms with E-state index in [1.54, 1.807) is 6.92 Å². The molecule has 0 spiro atoms. The third kappa shape index (κ3) is 1.28. The van der Waals surface area contributed by atoms with Gasteiger partial charge in [0, 0.05) is 6.07 Å². The van der Waals surface area contributed by atoms with Crippen LogP contribution in [0, 0.1) is 0 Å². The number of amidine groups is 1. The minimum Gasteiger partial charge on any atom is -0.317 e. The lowest BCUT2D eigenvalue weighted by Crippen LogP contribution is -2.54. The minimum atomic E-state index is 0.0455. The van der Waals surface area contributed by atoms with Crippen LogP contribution in [0.1, 0.15) is 13.8 Å². The number of hydrogen-bond donors (Lipinski definition) is 1. The summed E-state index contributed by atoms with van der Waals surface area (Å²) in [6.45, 7) is 4.18. The van der Waals surface area contributed by atoms with Gasteiger partial charge in [-0.3, -0.25) is 0 Å². The summed E-state index contributed by atoms with van der Waals surface area (Å²) >= 11 is 1.47. The highest BCUT2D eigenvalue weighted by atomic mass is 32.2. The molecule has 1 aliphatic heterocycles. The molecule has 16 heavy (non-hydrogen) atoms. The summed E-state index contributed by atoms with van der Waals surface area (Å²) < 4.78 is 0.136. The van der Waals surface area contributed by atoms with E-state index >= 15 is 0 Å². The van der Waals surface area contributed by atoms with Crippen molar-refractivity contribution in [3.05, 3.63) is 24.3 Å². The lowest BCUT2D eigenvalue weighted by atomic mass is 10.2. The average Bonchev–Trinajstić information content (AvgIpc) is 2.63. The summed E-state index contributed by atoms with van der Waals surface area (Å²) in [7, 11) is 0. The summed E-state index contributed by atoms with van der Waals surface area (Å²) in [5.41, 5.74) is 0.978. The maximum absolute atomic E-state index is 12.0. The Kier molecular flexibility index (Phi) is 2.73. The smallest absolute Gasteiger partial charge is 0.317 e. The van der Waals surface area contributed by atoms with Crippen LogP contribution in [0.2, 0.25) is 0 Å². The fourth-order valence-corrected chi connectivity index (χ4v) is 3.33. The number of benzene rings is 1. The van der Waals surface area contributed by atoms with Crippen LogP contribution >= 0.6 is 11.8 Å². The molecule has 4 nitrogen and oxygen atoms in total. The van der Waals surface area contributed by atoms with E-state index in [9.17, 15) is 4.79 Å². The Balaban J connectivity index is 2.70. The van der Waals surface area contributed by atoms with Crippen LogP contribution < -0.4 is 10.3 Å². The largest absolute Gasteiger partial charge is 0.322 e. The van der Waals surface area contributed by atoms with Gasteiger partial charge in [0.15, 0.2) is 5.69 Å². The van der Waals surface area contributed by atoms with Gasteiger partial charge in [0.1, 0.15) is 0 Å². The molecule has 2 rings (SSSR count). The molecule has 0 saturated heterocycles. The molecule has 2 N–H and O–H groups in total. The number of thioether (sulfide) groups is 1. The number of amides is 1. The zero-order chi connectivity index (χ0) is 11.8. The monoisotopic (exact) mass is 236 g/mol. The van der Waals surface area contributed by atoms with E-state index in [-0.39, 0.29) is 10.4 Å². The summed E-state index contributed by atoms with van der Waals surface area (Å²) in [4.78, 5) is 13.0. The summed E-state index contributed by atoms with van der Waals surface area (Å²) in [5, 5.41) is 4.43. The third-order valence-electron chi connectivity index (χ3n) is 2.93. The Morgan fingerprint density at radius 1 is 1.50 bits per heavy atom. The zero-order valence-corrected chi connectivity index (χ0v) is 10.1. The normalized spacial score (nSPS) is 25.8. The Hall–Kier alpha value is -1.33. The van der Waals surface area contributed by atoms with E-state index in [1.807, 2.05) is 31.2 Å². The van der Waals surface area contributed by atoms with E-state index in [0.717, 1.165) is 10.6 Å². The molecule has 0 aromatic heterocycles. The first kappa shape index (κ1) is 11.2.